The van der Waals surface area contributed by atoms with E-state index in [0.29, 0.717) is 34.5 Å². The summed E-state index contributed by atoms with van der Waals surface area (Å²) >= 11 is 0. The summed E-state index contributed by atoms with van der Waals surface area (Å²) in [6.07, 6.45) is 3.37. The summed E-state index contributed by atoms with van der Waals surface area (Å²) in [4.78, 5) is 29.1. The Morgan fingerprint density at radius 3 is 2.54 bits per heavy atom. The summed E-state index contributed by atoms with van der Waals surface area (Å²) in [5.41, 5.74) is 1.78. The van der Waals surface area contributed by atoms with Gasteiger partial charge in [-0.15, -0.1) is 0 Å². The number of ether oxygens (including phenoxy) is 1. The maximum absolute atomic E-state index is 13.4. The van der Waals surface area contributed by atoms with E-state index in [2.05, 4.69) is 42.2 Å². The van der Waals surface area contributed by atoms with E-state index in [0.717, 1.165) is 52.1 Å². The molecule has 3 aliphatic heterocycles. The molecule has 1 amide bonds. The zero-order valence-electron chi connectivity index (χ0n) is 23.1. The molecule has 3 N–H and O–H groups in total. The molecule has 2 aromatic carbocycles. The molecule has 0 saturated carbocycles. The van der Waals surface area contributed by atoms with Gasteiger partial charge < -0.3 is 25.2 Å². The molecule has 2 saturated heterocycles. The first-order valence-electron chi connectivity index (χ1n) is 13.7. The van der Waals surface area contributed by atoms with E-state index in [1.54, 1.807) is 43.5 Å². The highest BCUT2D eigenvalue weighted by molar-refractivity contribution is 7.93. The van der Waals surface area contributed by atoms with Crippen LogP contribution in [0.4, 0.5) is 28.8 Å². The second-order valence-electron chi connectivity index (χ2n) is 10.6. The number of nitrogens with zero attached hydrogens (tertiary/aromatic N) is 5. The van der Waals surface area contributed by atoms with Crippen molar-refractivity contribution in [3.63, 3.8) is 0 Å². The molecule has 4 heterocycles. The monoisotopic (exact) mass is 578 g/mol. The lowest BCUT2D eigenvalue weighted by Gasteiger charge is -2.42. The Hall–Kier alpha value is -3.94. The van der Waals surface area contributed by atoms with E-state index < -0.39 is 10.0 Å². The van der Waals surface area contributed by atoms with Gasteiger partial charge in [-0.3, -0.25) is 14.4 Å². The van der Waals surface area contributed by atoms with E-state index in [1.165, 1.54) is 12.3 Å². The van der Waals surface area contributed by atoms with Crippen molar-refractivity contribution in [3.05, 3.63) is 54.2 Å². The Morgan fingerprint density at radius 2 is 1.78 bits per heavy atom. The van der Waals surface area contributed by atoms with E-state index in [9.17, 15) is 13.2 Å². The molecular weight excluding hydrogens is 544 g/mol. The summed E-state index contributed by atoms with van der Waals surface area (Å²) in [6.45, 7) is 5.85. The van der Waals surface area contributed by atoms with Crippen LogP contribution in [0.15, 0.2) is 53.6 Å². The average Bonchev–Trinajstić information content (AvgIpc) is 3.10. The van der Waals surface area contributed by atoms with Gasteiger partial charge in [-0.2, -0.15) is 4.98 Å². The van der Waals surface area contributed by atoms with Gasteiger partial charge in [0.25, 0.3) is 15.9 Å². The molecule has 2 fully saturated rings. The van der Waals surface area contributed by atoms with Gasteiger partial charge in [-0.05, 0) is 50.2 Å². The number of amides is 1. The van der Waals surface area contributed by atoms with Crippen LogP contribution >= 0.6 is 0 Å². The van der Waals surface area contributed by atoms with Crippen LogP contribution in [0, 0.1) is 0 Å². The number of methoxy groups -OCH3 is 1. The van der Waals surface area contributed by atoms with Crippen molar-refractivity contribution in [3.8, 4) is 5.75 Å². The number of likely N-dealkylation sites (N-methyl/N-ethyl adjacent to an activating group) is 1. The minimum absolute atomic E-state index is 0.0110. The molecule has 0 radical (unpaired) electrons. The van der Waals surface area contributed by atoms with Crippen molar-refractivity contribution in [1.29, 1.82) is 0 Å². The minimum Gasteiger partial charge on any atom is -0.495 e. The van der Waals surface area contributed by atoms with Crippen LogP contribution in [0.3, 0.4) is 0 Å². The highest BCUT2D eigenvalue weighted by Gasteiger charge is 2.29. The van der Waals surface area contributed by atoms with Gasteiger partial charge in [0, 0.05) is 50.9 Å². The summed E-state index contributed by atoms with van der Waals surface area (Å²) in [6, 6.07) is 12.4. The largest absolute Gasteiger partial charge is 0.495 e. The van der Waals surface area contributed by atoms with Gasteiger partial charge in [-0.1, -0.05) is 12.1 Å². The molecule has 6 rings (SSSR count). The van der Waals surface area contributed by atoms with Crippen LogP contribution in [0.1, 0.15) is 23.2 Å². The van der Waals surface area contributed by atoms with Crippen LogP contribution in [0.25, 0.3) is 0 Å². The number of carbonyl (C=O) groups excluding carboxylic acids is 1. The molecule has 13 heteroatoms. The van der Waals surface area contributed by atoms with Crippen LogP contribution in [0.5, 0.6) is 5.75 Å². The van der Waals surface area contributed by atoms with Crippen molar-refractivity contribution in [1.82, 2.24) is 24.7 Å². The zero-order valence-corrected chi connectivity index (χ0v) is 23.9. The lowest BCUT2D eigenvalue weighted by molar-refractivity contribution is 0.0518. The van der Waals surface area contributed by atoms with Crippen molar-refractivity contribution < 1.29 is 17.9 Å². The first-order chi connectivity index (χ1) is 19.8. The number of carbonyl (C=O) groups is 1. The van der Waals surface area contributed by atoms with Crippen LogP contribution in [-0.2, 0) is 10.0 Å². The molecule has 0 atom stereocenters. The third kappa shape index (κ3) is 5.65. The normalized spacial score (nSPS) is 19.2. The van der Waals surface area contributed by atoms with E-state index in [1.807, 2.05) is 4.90 Å². The highest BCUT2D eigenvalue weighted by Crippen LogP contribution is 2.35. The molecular formula is C28H34N8O4S. The number of sulfonamides is 1. The first kappa shape index (κ1) is 27.2. The topological polar surface area (TPSA) is 132 Å². The molecule has 0 spiro atoms. The standard InChI is InChI=1S/C28H34N8O4S/c1-34-13-15-35(16-14-34)20-9-11-36(12-10-20)27(37)19-7-8-21(24(17-19)40-2)31-28-29-18-23-26(32-28)30-22-5-3-4-6-25(22)41(38,39)33-23/h3-8,17-18,20,33H,9-16H2,1-2H3,(H2,29,30,31,32). The van der Waals surface area contributed by atoms with Gasteiger partial charge in [0.2, 0.25) is 5.95 Å². The number of piperidine rings is 1. The number of likely N-dealkylation sites (tertiary alicyclic amines) is 1. The lowest BCUT2D eigenvalue weighted by Crippen LogP contribution is -2.52. The smallest absolute Gasteiger partial charge is 0.264 e. The fourth-order valence-electron chi connectivity index (χ4n) is 5.60. The van der Waals surface area contributed by atoms with E-state index >= 15 is 0 Å². The Balaban J connectivity index is 1.14. The van der Waals surface area contributed by atoms with Crippen LogP contribution in [-0.4, -0.2) is 98.5 Å². The van der Waals surface area contributed by atoms with Crippen LogP contribution in [0.2, 0.25) is 0 Å². The van der Waals surface area contributed by atoms with Crippen LogP contribution < -0.4 is 20.1 Å². The summed E-state index contributed by atoms with van der Waals surface area (Å²) < 4.78 is 33.6. The number of hydrogen-bond donors (Lipinski definition) is 3. The third-order valence-corrected chi connectivity index (χ3v) is 9.39. The summed E-state index contributed by atoms with van der Waals surface area (Å²) in [5.74, 6) is 1.00. The number of hydrogen-bond acceptors (Lipinski definition) is 10. The van der Waals surface area contributed by atoms with Crippen molar-refractivity contribution in [2.24, 2.45) is 0 Å². The fraction of sp³-hybridized carbons (Fsp3) is 0.393. The fourth-order valence-corrected chi connectivity index (χ4v) is 6.81. The molecule has 41 heavy (non-hydrogen) atoms. The van der Waals surface area contributed by atoms with Gasteiger partial charge >= 0.3 is 0 Å². The number of benzene rings is 2. The Morgan fingerprint density at radius 1 is 1.02 bits per heavy atom. The molecule has 0 aliphatic carbocycles. The Labute approximate surface area is 239 Å². The van der Waals surface area contributed by atoms with Crippen molar-refractivity contribution >= 4 is 44.8 Å². The maximum atomic E-state index is 13.4. The Kier molecular flexibility index (Phi) is 7.41. The molecule has 3 aromatic rings. The molecule has 216 valence electrons. The van der Waals surface area contributed by atoms with Gasteiger partial charge in [0.15, 0.2) is 5.82 Å². The number of aromatic nitrogens is 2. The highest BCUT2D eigenvalue weighted by atomic mass is 32.2. The number of anilines is 5. The van der Waals surface area contributed by atoms with E-state index in [4.69, 9.17) is 4.74 Å². The van der Waals surface area contributed by atoms with Gasteiger partial charge in [0.05, 0.1) is 24.7 Å². The maximum Gasteiger partial charge on any atom is 0.264 e. The SMILES string of the molecule is COc1cc(C(=O)N2CCC(N3CCN(C)CC3)CC2)ccc1Nc1ncc2c(n1)Nc1ccccc1S(=O)(=O)N2. The third-order valence-electron chi connectivity index (χ3n) is 7.96. The minimum atomic E-state index is -3.78. The number of rotatable bonds is 5. The lowest BCUT2D eigenvalue weighted by atomic mass is 10.0. The summed E-state index contributed by atoms with van der Waals surface area (Å²) in [5, 5.41) is 6.21. The van der Waals surface area contributed by atoms with Crippen molar-refractivity contribution in [2.45, 2.75) is 23.8 Å². The zero-order chi connectivity index (χ0) is 28.6. The Bertz CT molecular complexity index is 1550. The number of nitrogens with one attached hydrogen (secondary N) is 3. The number of piperazine rings is 1. The first-order valence-corrected chi connectivity index (χ1v) is 15.2. The second-order valence-corrected chi connectivity index (χ2v) is 12.2. The second kappa shape index (κ2) is 11.1. The predicted molar refractivity (Wildman–Crippen MR) is 157 cm³/mol. The summed E-state index contributed by atoms with van der Waals surface area (Å²) in [7, 11) is -0.0737. The number of fused-ring (bicyclic) bond motifs is 2. The number of para-hydroxylation sites is 1. The molecule has 1 aromatic heterocycles. The molecule has 0 unspecified atom stereocenters. The molecule has 3 aliphatic rings. The molecule has 12 nitrogen and oxygen atoms in total. The average molecular weight is 579 g/mol. The van der Waals surface area contributed by atoms with Gasteiger partial charge in [-0.25, -0.2) is 13.4 Å². The van der Waals surface area contributed by atoms with E-state index in [-0.39, 0.29) is 22.4 Å². The van der Waals surface area contributed by atoms with Gasteiger partial charge in [0.1, 0.15) is 16.3 Å². The quantitative estimate of drug-likeness (QED) is 0.415. The predicted octanol–water partition coefficient (Wildman–Crippen LogP) is 2.94. The van der Waals surface area contributed by atoms with Crippen molar-refractivity contribution in [2.75, 3.05) is 68.8 Å². The molecule has 0 bridgehead atoms.